The number of carbonyl (C=O) groups is 1. The lowest BCUT2D eigenvalue weighted by molar-refractivity contribution is 0.204. The summed E-state index contributed by atoms with van der Waals surface area (Å²) in [5, 5.41) is 3.80. The van der Waals surface area contributed by atoms with Crippen LogP contribution in [0.3, 0.4) is 0 Å². The van der Waals surface area contributed by atoms with E-state index < -0.39 is 0 Å². The molecule has 0 bridgehead atoms. The molecule has 2 aromatic rings. The van der Waals surface area contributed by atoms with Gasteiger partial charge in [-0.05, 0) is 57.1 Å². The summed E-state index contributed by atoms with van der Waals surface area (Å²) in [4.78, 5) is 19.5. The van der Waals surface area contributed by atoms with Gasteiger partial charge in [-0.25, -0.2) is 9.18 Å². The minimum absolute atomic E-state index is 0.0849. The van der Waals surface area contributed by atoms with Gasteiger partial charge in [0.15, 0.2) is 0 Å². The molecule has 1 aromatic heterocycles. The van der Waals surface area contributed by atoms with Crippen molar-refractivity contribution in [1.82, 2.24) is 20.1 Å². The molecular formula is C20H29FN4O. The van der Waals surface area contributed by atoms with Crippen LogP contribution in [0.15, 0.2) is 24.3 Å². The Labute approximate surface area is 154 Å². The van der Waals surface area contributed by atoms with E-state index in [2.05, 4.69) is 22.2 Å². The monoisotopic (exact) mass is 360 g/mol. The van der Waals surface area contributed by atoms with E-state index in [4.69, 9.17) is 0 Å². The van der Waals surface area contributed by atoms with Gasteiger partial charge >= 0.3 is 6.03 Å². The van der Waals surface area contributed by atoms with Gasteiger partial charge in [0.25, 0.3) is 0 Å². The number of hydrogen-bond acceptors (Lipinski definition) is 2. The first-order chi connectivity index (χ1) is 12.5. The third-order valence-electron chi connectivity index (χ3n) is 5.30. The second-order valence-electron chi connectivity index (χ2n) is 7.39. The van der Waals surface area contributed by atoms with Crippen LogP contribution in [-0.4, -0.2) is 54.0 Å². The molecule has 1 fully saturated rings. The van der Waals surface area contributed by atoms with E-state index >= 15 is 0 Å². The van der Waals surface area contributed by atoms with Crippen LogP contribution in [0.1, 0.15) is 37.8 Å². The number of halogens is 1. The van der Waals surface area contributed by atoms with E-state index in [-0.39, 0.29) is 11.8 Å². The number of aromatic nitrogens is 1. The fraction of sp³-hybridized carbons (Fsp3) is 0.550. The Hall–Kier alpha value is -2.08. The predicted molar refractivity (Wildman–Crippen MR) is 103 cm³/mol. The van der Waals surface area contributed by atoms with Crippen molar-refractivity contribution >= 4 is 16.9 Å². The van der Waals surface area contributed by atoms with Crippen LogP contribution in [0, 0.1) is 5.82 Å². The summed E-state index contributed by atoms with van der Waals surface area (Å²) in [5.74, 6) is -0.253. The molecule has 0 unspecified atom stereocenters. The summed E-state index contributed by atoms with van der Waals surface area (Å²) in [6.45, 7) is 2.16. The maximum atomic E-state index is 13.3. The first-order valence-corrected chi connectivity index (χ1v) is 9.49. The molecule has 2 N–H and O–H groups in total. The minimum atomic E-state index is -0.253. The van der Waals surface area contributed by atoms with Gasteiger partial charge in [0, 0.05) is 36.2 Å². The SMILES string of the molecule is CN(Cc1cc2cc(F)ccc2[nH]1)C(=O)NCCCN(C)C1CCCC1. The molecular weight excluding hydrogens is 331 g/mol. The smallest absolute Gasteiger partial charge is 0.317 e. The largest absolute Gasteiger partial charge is 0.357 e. The molecule has 6 heteroatoms. The van der Waals surface area contributed by atoms with Crippen molar-refractivity contribution in [3.8, 4) is 0 Å². The molecule has 0 saturated heterocycles. The van der Waals surface area contributed by atoms with E-state index in [0.717, 1.165) is 35.6 Å². The van der Waals surface area contributed by atoms with E-state index in [0.29, 0.717) is 13.1 Å². The lowest BCUT2D eigenvalue weighted by Gasteiger charge is -2.24. The Morgan fingerprint density at radius 2 is 2.04 bits per heavy atom. The van der Waals surface area contributed by atoms with Gasteiger partial charge < -0.3 is 20.1 Å². The Kier molecular flexibility index (Phi) is 6.14. The molecule has 1 aliphatic carbocycles. The highest BCUT2D eigenvalue weighted by Crippen LogP contribution is 2.22. The number of nitrogens with zero attached hydrogens (tertiary/aromatic N) is 2. The molecule has 5 nitrogen and oxygen atoms in total. The third-order valence-corrected chi connectivity index (χ3v) is 5.30. The first kappa shape index (κ1) is 18.7. The minimum Gasteiger partial charge on any atom is -0.357 e. The van der Waals surface area contributed by atoms with Gasteiger partial charge in [0.1, 0.15) is 5.82 Å². The molecule has 0 spiro atoms. The topological polar surface area (TPSA) is 51.4 Å². The van der Waals surface area contributed by atoms with Crippen molar-refractivity contribution in [1.29, 1.82) is 0 Å². The summed E-state index contributed by atoms with van der Waals surface area (Å²) in [6, 6.07) is 7.17. The molecule has 1 saturated carbocycles. The van der Waals surface area contributed by atoms with Crippen molar-refractivity contribution in [2.75, 3.05) is 27.2 Å². The van der Waals surface area contributed by atoms with Crippen molar-refractivity contribution in [3.05, 3.63) is 35.8 Å². The summed E-state index contributed by atoms with van der Waals surface area (Å²) in [6.07, 6.45) is 6.26. The van der Waals surface area contributed by atoms with E-state index in [1.54, 1.807) is 18.0 Å². The average molecular weight is 360 g/mol. The van der Waals surface area contributed by atoms with Crippen LogP contribution < -0.4 is 5.32 Å². The maximum absolute atomic E-state index is 13.3. The molecule has 0 radical (unpaired) electrons. The summed E-state index contributed by atoms with van der Waals surface area (Å²) in [7, 11) is 3.95. The molecule has 1 aromatic carbocycles. The van der Waals surface area contributed by atoms with Crippen molar-refractivity contribution in [3.63, 3.8) is 0 Å². The standard InChI is InChI=1S/C20H29FN4O/c1-24(18-6-3-4-7-18)11-5-10-22-20(26)25(2)14-17-13-15-12-16(21)8-9-19(15)23-17/h8-9,12-13,18,23H,3-7,10-11,14H2,1-2H3,(H,22,26). The fourth-order valence-corrected chi connectivity index (χ4v) is 3.76. The molecule has 0 aliphatic heterocycles. The van der Waals surface area contributed by atoms with Crippen LogP contribution in [0.25, 0.3) is 10.9 Å². The summed E-state index contributed by atoms with van der Waals surface area (Å²) < 4.78 is 13.3. The van der Waals surface area contributed by atoms with Gasteiger partial charge in [0.05, 0.1) is 6.54 Å². The second kappa shape index (κ2) is 8.54. The van der Waals surface area contributed by atoms with Gasteiger partial charge in [0.2, 0.25) is 0 Å². The van der Waals surface area contributed by atoms with Crippen molar-refractivity contribution in [2.24, 2.45) is 0 Å². The van der Waals surface area contributed by atoms with E-state index in [1.165, 1.54) is 37.8 Å². The number of urea groups is 1. The van der Waals surface area contributed by atoms with E-state index in [9.17, 15) is 9.18 Å². The highest BCUT2D eigenvalue weighted by atomic mass is 19.1. The van der Waals surface area contributed by atoms with E-state index in [1.807, 2.05) is 6.07 Å². The number of carbonyl (C=O) groups excluding carboxylic acids is 1. The Morgan fingerprint density at radius 1 is 1.27 bits per heavy atom. The number of fused-ring (bicyclic) bond motifs is 1. The fourth-order valence-electron chi connectivity index (χ4n) is 3.76. The molecule has 0 atom stereocenters. The zero-order valence-electron chi connectivity index (χ0n) is 15.7. The number of amides is 2. The third kappa shape index (κ3) is 4.75. The number of aromatic amines is 1. The van der Waals surface area contributed by atoms with Crippen LogP contribution in [0.5, 0.6) is 0 Å². The normalized spacial score (nSPS) is 15.1. The zero-order chi connectivity index (χ0) is 18.5. The lowest BCUT2D eigenvalue weighted by Crippen LogP contribution is -2.38. The first-order valence-electron chi connectivity index (χ1n) is 9.49. The number of hydrogen-bond donors (Lipinski definition) is 2. The number of rotatable bonds is 7. The highest BCUT2D eigenvalue weighted by molar-refractivity contribution is 5.80. The quantitative estimate of drug-likeness (QED) is 0.740. The Balaban J connectivity index is 1.40. The summed E-state index contributed by atoms with van der Waals surface area (Å²) >= 11 is 0. The number of benzene rings is 1. The van der Waals surface area contributed by atoms with Gasteiger partial charge in [-0.2, -0.15) is 0 Å². The second-order valence-corrected chi connectivity index (χ2v) is 7.39. The molecule has 142 valence electrons. The van der Waals surface area contributed by atoms with Gasteiger partial charge in [-0.3, -0.25) is 0 Å². The van der Waals surface area contributed by atoms with Gasteiger partial charge in [-0.1, -0.05) is 12.8 Å². The molecule has 1 heterocycles. The van der Waals surface area contributed by atoms with Crippen LogP contribution in [0.4, 0.5) is 9.18 Å². The van der Waals surface area contributed by atoms with Crippen molar-refractivity contribution in [2.45, 2.75) is 44.7 Å². The average Bonchev–Trinajstić information content (AvgIpc) is 3.27. The Bertz CT molecular complexity index is 738. The van der Waals surface area contributed by atoms with Gasteiger partial charge in [-0.15, -0.1) is 0 Å². The number of nitrogens with one attached hydrogen (secondary N) is 2. The maximum Gasteiger partial charge on any atom is 0.317 e. The molecule has 3 rings (SSSR count). The van der Waals surface area contributed by atoms with Crippen LogP contribution in [0.2, 0.25) is 0 Å². The Morgan fingerprint density at radius 3 is 2.81 bits per heavy atom. The van der Waals surface area contributed by atoms with Crippen LogP contribution in [-0.2, 0) is 6.54 Å². The predicted octanol–water partition coefficient (Wildman–Crippen LogP) is 3.71. The molecule has 1 aliphatic rings. The molecule has 2 amide bonds. The van der Waals surface area contributed by atoms with Crippen molar-refractivity contribution < 1.29 is 9.18 Å². The van der Waals surface area contributed by atoms with Crippen LogP contribution >= 0.6 is 0 Å². The number of H-pyrrole nitrogens is 1. The summed E-state index contributed by atoms with van der Waals surface area (Å²) in [5.41, 5.74) is 1.77. The zero-order valence-corrected chi connectivity index (χ0v) is 15.7. The highest BCUT2D eigenvalue weighted by Gasteiger charge is 2.19. The molecule has 26 heavy (non-hydrogen) atoms. The lowest BCUT2D eigenvalue weighted by atomic mass is 10.2.